The fraction of sp³-hybridized carbons (Fsp3) is 0.154. The van der Waals surface area contributed by atoms with E-state index in [1.807, 2.05) is 19.1 Å². The molecule has 17 heavy (non-hydrogen) atoms. The van der Waals surface area contributed by atoms with Gasteiger partial charge in [0.05, 0.1) is 0 Å². The number of amides is 1. The van der Waals surface area contributed by atoms with E-state index in [1.165, 1.54) is 0 Å². The number of nitriles is 1. The van der Waals surface area contributed by atoms with Crippen LogP contribution in [0.1, 0.15) is 23.7 Å². The molecule has 1 amide bonds. The summed E-state index contributed by atoms with van der Waals surface area (Å²) in [5.74, 6) is -0.280. The number of hydrogen-bond donors (Lipinski definition) is 0. The first-order chi connectivity index (χ1) is 8.22. The van der Waals surface area contributed by atoms with Crippen molar-refractivity contribution in [2.24, 2.45) is 5.10 Å². The second-order valence-corrected chi connectivity index (χ2v) is 3.72. The Morgan fingerprint density at radius 3 is 2.76 bits per heavy atom. The number of hydrazone groups is 1. The lowest BCUT2D eigenvalue weighted by Gasteiger charge is -2.20. The van der Waals surface area contributed by atoms with Gasteiger partial charge in [0, 0.05) is 17.7 Å². The Labute approximate surface area is 99.5 Å². The van der Waals surface area contributed by atoms with E-state index in [1.54, 1.807) is 30.3 Å². The Balaban J connectivity index is 2.34. The van der Waals surface area contributed by atoms with Gasteiger partial charge in [-0.2, -0.15) is 15.4 Å². The molecule has 84 valence electrons. The van der Waals surface area contributed by atoms with Crippen molar-refractivity contribution < 1.29 is 4.79 Å². The van der Waals surface area contributed by atoms with E-state index in [9.17, 15) is 4.79 Å². The number of benzene rings is 1. The van der Waals surface area contributed by atoms with Gasteiger partial charge >= 0.3 is 0 Å². The molecule has 0 unspecified atom stereocenters. The van der Waals surface area contributed by atoms with Crippen LogP contribution < -0.4 is 0 Å². The lowest BCUT2D eigenvalue weighted by Crippen LogP contribution is -2.28. The average Bonchev–Trinajstić information content (AvgIpc) is 2.39. The van der Waals surface area contributed by atoms with Crippen LogP contribution in [0.5, 0.6) is 0 Å². The summed E-state index contributed by atoms with van der Waals surface area (Å²) in [6.07, 6.45) is 2.32. The molecule has 0 aliphatic carbocycles. The van der Waals surface area contributed by atoms with Gasteiger partial charge in [-0.05, 0) is 25.1 Å². The maximum absolute atomic E-state index is 12.1. The summed E-state index contributed by atoms with van der Waals surface area (Å²) in [5, 5.41) is 14.2. The normalized spacial score (nSPS) is 14.7. The van der Waals surface area contributed by atoms with E-state index in [0.29, 0.717) is 12.0 Å². The Morgan fingerprint density at radius 1 is 1.41 bits per heavy atom. The molecule has 0 radical (unpaired) electrons. The van der Waals surface area contributed by atoms with E-state index < -0.39 is 0 Å². The minimum absolute atomic E-state index is 0.280. The van der Waals surface area contributed by atoms with E-state index in [4.69, 9.17) is 5.26 Å². The average molecular weight is 225 g/mol. The van der Waals surface area contributed by atoms with Crippen molar-refractivity contribution in [2.45, 2.75) is 13.3 Å². The van der Waals surface area contributed by atoms with Crippen LogP contribution in [-0.4, -0.2) is 16.6 Å². The van der Waals surface area contributed by atoms with Gasteiger partial charge in [0.15, 0.2) is 0 Å². The van der Waals surface area contributed by atoms with Crippen molar-refractivity contribution in [3.05, 3.63) is 47.7 Å². The van der Waals surface area contributed by atoms with Gasteiger partial charge in [0.2, 0.25) is 0 Å². The highest BCUT2D eigenvalue weighted by atomic mass is 16.2. The molecule has 0 atom stereocenters. The van der Waals surface area contributed by atoms with Crippen LogP contribution in [0.2, 0.25) is 0 Å². The third kappa shape index (κ3) is 2.23. The van der Waals surface area contributed by atoms with Crippen LogP contribution in [0.15, 0.2) is 47.2 Å². The smallest absolute Gasteiger partial charge is 0.267 e. The third-order valence-electron chi connectivity index (χ3n) is 2.42. The quantitative estimate of drug-likeness (QED) is 0.736. The minimum Gasteiger partial charge on any atom is -0.267 e. The maximum atomic E-state index is 12.1. The summed E-state index contributed by atoms with van der Waals surface area (Å²) < 4.78 is 0. The monoisotopic (exact) mass is 225 g/mol. The second kappa shape index (κ2) is 4.62. The lowest BCUT2D eigenvalue weighted by molar-refractivity contribution is 0.0813. The molecular weight excluding hydrogens is 214 g/mol. The van der Waals surface area contributed by atoms with Crippen LogP contribution in [0.3, 0.4) is 0 Å². The first kappa shape index (κ1) is 11.1. The Bertz CT molecular complexity index is 538. The molecule has 0 aromatic heterocycles. The van der Waals surface area contributed by atoms with E-state index in [0.717, 1.165) is 10.7 Å². The molecule has 0 saturated heterocycles. The Hall–Kier alpha value is -2.41. The maximum Gasteiger partial charge on any atom is 0.279 e. The molecule has 0 bridgehead atoms. The number of nitrogens with zero attached hydrogens (tertiary/aromatic N) is 3. The summed E-state index contributed by atoms with van der Waals surface area (Å²) >= 11 is 0. The predicted octanol–water partition coefficient (Wildman–Crippen LogP) is 2.32. The first-order valence-electron chi connectivity index (χ1n) is 5.26. The van der Waals surface area contributed by atoms with Crippen molar-refractivity contribution in [3.63, 3.8) is 0 Å². The zero-order chi connectivity index (χ0) is 12.3. The van der Waals surface area contributed by atoms with Crippen molar-refractivity contribution >= 4 is 11.6 Å². The highest BCUT2D eigenvalue weighted by Crippen LogP contribution is 2.16. The van der Waals surface area contributed by atoms with E-state index >= 15 is 0 Å². The molecule has 4 heteroatoms. The predicted molar refractivity (Wildman–Crippen MR) is 64.0 cm³/mol. The van der Waals surface area contributed by atoms with Crippen LogP contribution in [0.4, 0.5) is 0 Å². The number of carbonyl (C=O) groups is 1. The third-order valence-corrected chi connectivity index (χ3v) is 2.42. The number of allylic oxidation sites excluding steroid dienone is 2. The number of rotatable bonds is 1. The van der Waals surface area contributed by atoms with Crippen LogP contribution in [0.25, 0.3) is 0 Å². The number of carbonyl (C=O) groups excluding carboxylic acids is 1. The van der Waals surface area contributed by atoms with Gasteiger partial charge in [-0.3, -0.25) is 4.79 Å². The van der Waals surface area contributed by atoms with E-state index in [2.05, 4.69) is 5.10 Å². The van der Waals surface area contributed by atoms with Gasteiger partial charge in [-0.15, -0.1) is 0 Å². The zero-order valence-corrected chi connectivity index (χ0v) is 9.42. The Morgan fingerprint density at radius 2 is 2.12 bits per heavy atom. The standard InChI is InChI=1S/C13H11N3O/c1-10-7-8-12(9-14)16(15-10)13(17)11-5-3-2-4-6-11/h2-6,8H,7H2,1H3. The summed E-state index contributed by atoms with van der Waals surface area (Å²) in [6.45, 7) is 1.83. The van der Waals surface area contributed by atoms with Crippen molar-refractivity contribution in [3.8, 4) is 6.07 Å². The summed E-state index contributed by atoms with van der Waals surface area (Å²) in [5.41, 5.74) is 1.62. The first-order valence-corrected chi connectivity index (χ1v) is 5.26. The molecular formula is C13H11N3O. The van der Waals surface area contributed by atoms with Crippen LogP contribution >= 0.6 is 0 Å². The van der Waals surface area contributed by atoms with Gasteiger partial charge in [-0.1, -0.05) is 18.2 Å². The molecule has 4 nitrogen and oxygen atoms in total. The fourth-order valence-corrected chi connectivity index (χ4v) is 1.55. The summed E-state index contributed by atoms with van der Waals surface area (Å²) in [6, 6.07) is 10.8. The molecule has 2 rings (SSSR count). The van der Waals surface area contributed by atoms with Gasteiger partial charge in [0.1, 0.15) is 11.8 Å². The molecule has 1 aromatic rings. The summed E-state index contributed by atoms with van der Waals surface area (Å²) in [7, 11) is 0. The van der Waals surface area contributed by atoms with Gasteiger partial charge < -0.3 is 0 Å². The van der Waals surface area contributed by atoms with Crippen molar-refractivity contribution in [2.75, 3.05) is 0 Å². The topological polar surface area (TPSA) is 56.5 Å². The van der Waals surface area contributed by atoms with Crippen LogP contribution in [-0.2, 0) is 0 Å². The molecule has 1 aliphatic rings. The van der Waals surface area contributed by atoms with Gasteiger partial charge in [-0.25, -0.2) is 0 Å². The minimum atomic E-state index is -0.280. The van der Waals surface area contributed by atoms with Gasteiger partial charge in [0.25, 0.3) is 5.91 Å². The molecule has 1 aromatic carbocycles. The molecule has 0 N–H and O–H groups in total. The molecule has 1 aliphatic heterocycles. The zero-order valence-electron chi connectivity index (χ0n) is 9.42. The molecule has 0 fully saturated rings. The fourth-order valence-electron chi connectivity index (χ4n) is 1.55. The van der Waals surface area contributed by atoms with Crippen molar-refractivity contribution in [1.82, 2.24) is 5.01 Å². The largest absolute Gasteiger partial charge is 0.279 e. The lowest BCUT2D eigenvalue weighted by atomic mass is 10.2. The van der Waals surface area contributed by atoms with E-state index in [-0.39, 0.29) is 11.6 Å². The highest BCUT2D eigenvalue weighted by molar-refractivity contribution is 5.97. The number of hydrogen-bond acceptors (Lipinski definition) is 3. The molecule has 0 spiro atoms. The second-order valence-electron chi connectivity index (χ2n) is 3.72. The molecule has 1 heterocycles. The van der Waals surface area contributed by atoms with Crippen LogP contribution in [0, 0.1) is 11.3 Å². The van der Waals surface area contributed by atoms with Crippen molar-refractivity contribution in [1.29, 1.82) is 5.26 Å². The SMILES string of the molecule is CC1=NN(C(=O)c2ccccc2)C(C#N)=CC1. The molecule has 0 saturated carbocycles. The summed E-state index contributed by atoms with van der Waals surface area (Å²) in [4.78, 5) is 12.1. The Kier molecular flexibility index (Phi) is 3.01. The highest BCUT2D eigenvalue weighted by Gasteiger charge is 2.21.